The van der Waals surface area contributed by atoms with Crippen molar-refractivity contribution >= 4 is 43.8 Å². The first-order valence-electron chi connectivity index (χ1n) is 12.4. The molecule has 0 amide bonds. The van der Waals surface area contributed by atoms with Gasteiger partial charge in [-0.2, -0.15) is 18.2 Å². The van der Waals surface area contributed by atoms with Crippen LogP contribution in [0.25, 0.3) is 32.5 Å². The van der Waals surface area contributed by atoms with E-state index < -0.39 is 24.9 Å². The number of pyridine rings is 1. The molecule has 1 saturated heterocycles. The van der Waals surface area contributed by atoms with E-state index in [1.54, 1.807) is 41.8 Å². The number of likely N-dealkylation sites (tertiary alicyclic amines) is 1. The Balaban J connectivity index is 1.31. The standard InChI is InChI=1S/C26H25F4N7OS/c1-36-9-6-19(17(27)13-36)33-18-3-2-4-20-16(18)11-21(37(20)14-26(28,29)30)24-34-22(38-35-24)12-32-25-23-15(5-8-31-25)7-10-39-23/h2-5,7-8,10-11,17,19,33H,6,9,12-14H2,1H3,(H,31,32)/t17-,19+/m0/s1. The number of anilines is 2. The zero-order valence-electron chi connectivity index (χ0n) is 20.9. The molecule has 4 aromatic heterocycles. The van der Waals surface area contributed by atoms with E-state index in [-0.39, 0.29) is 24.0 Å². The molecule has 5 heterocycles. The maximum atomic E-state index is 14.7. The minimum Gasteiger partial charge on any atom is -0.379 e. The van der Waals surface area contributed by atoms with Crippen molar-refractivity contribution in [2.24, 2.45) is 0 Å². The van der Waals surface area contributed by atoms with E-state index in [2.05, 4.69) is 25.8 Å². The van der Waals surface area contributed by atoms with Crippen molar-refractivity contribution < 1.29 is 22.1 Å². The van der Waals surface area contributed by atoms with Crippen LogP contribution in [0.15, 0.2) is 52.5 Å². The van der Waals surface area contributed by atoms with Crippen LogP contribution < -0.4 is 10.6 Å². The molecule has 5 aromatic rings. The summed E-state index contributed by atoms with van der Waals surface area (Å²) in [5.41, 5.74) is 1.06. The Bertz CT molecular complexity index is 1610. The lowest BCUT2D eigenvalue weighted by Gasteiger charge is -2.33. The quantitative estimate of drug-likeness (QED) is 0.239. The second kappa shape index (κ2) is 10.1. The largest absolute Gasteiger partial charge is 0.406 e. The van der Waals surface area contributed by atoms with E-state index in [1.165, 1.54) is 0 Å². The number of nitrogens with zero attached hydrogens (tertiary/aromatic N) is 5. The first kappa shape index (κ1) is 25.6. The number of benzene rings is 1. The van der Waals surface area contributed by atoms with Gasteiger partial charge in [-0.1, -0.05) is 11.2 Å². The third-order valence-corrected chi connectivity index (χ3v) is 7.78. The maximum absolute atomic E-state index is 14.7. The van der Waals surface area contributed by atoms with E-state index in [4.69, 9.17) is 4.52 Å². The zero-order chi connectivity index (χ0) is 27.1. The molecule has 0 spiro atoms. The lowest BCUT2D eigenvalue weighted by molar-refractivity contribution is -0.139. The van der Waals surface area contributed by atoms with Gasteiger partial charge in [0, 0.05) is 30.4 Å². The van der Waals surface area contributed by atoms with E-state index in [9.17, 15) is 17.6 Å². The van der Waals surface area contributed by atoms with Gasteiger partial charge in [0.25, 0.3) is 0 Å². The van der Waals surface area contributed by atoms with Crippen molar-refractivity contribution in [1.29, 1.82) is 0 Å². The van der Waals surface area contributed by atoms with Gasteiger partial charge < -0.3 is 24.6 Å². The number of halogens is 4. The predicted molar refractivity (Wildman–Crippen MR) is 143 cm³/mol. The summed E-state index contributed by atoms with van der Waals surface area (Å²) >= 11 is 1.54. The van der Waals surface area contributed by atoms with Gasteiger partial charge in [-0.25, -0.2) is 9.37 Å². The molecule has 39 heavy (non-hydrogen) atoms. The smallest absolute Gasteiger partial charge is 0.379 e. The number of aromatic nitrogens is 4. The first-order chi connectivity index (χ1) is 18.7. The van der Waals surface area contributed by atoms with Crippen LogP contribution in [0.2, 0.25) is 0 Å². The molecule has 0 radical (unpaired) electrons. The minimum absolute atomic E-state index is 0.0307. The molecule has 8 nitrogen and oxygen atoms in total. The topological polar surface area (TPSA) is 84.0 Å². The van der Waals surface area contributed by atoms with E-state index in [0.717, 1.165) is 21.2 Å². The van der Waals surface area contributed by atoms with Gasteiger partial charge in [0.15, 0.2) is 0 Å². The highest BCUT2D eigenvalue weighted by molar-refractivity contribution is 7.17. The summed E-state index contributed by atoms with van der Waals surface area (Å²) in [6.07, 6.45) is -3.31. The number of rotatable bonds is 7. The van der Waals surface area contributed by atoms with Crippen molar-refractivity contribution in [3.05, 3.63) is 53.9 Å². The summed E-state index contributed by atoms with van der Waals surface area (Å²) in [6, 6.07) is 10.1. The molecule has 2 atom stereocenters. The number of hydrogen-bond acceptors (Lipinski definition) is 8. The fourth-order valence-electron chi connectivity index (χ4n) is 4.97. The number of fused-ring (bicyclic) bond motifs is 2. The molecule has 0 unspecified atom stereocenters. The van der Waals surface area contributed by atoms with E-state index >= 15 is 0 Å². The fourth-order valence-corrected chi connectivity index (χ4v) is 5.83. The van der Waals surface area contributed by atoms with Gasteiger partial charge in [0.05, 0.1) is 28.5 Å². The van der Waals surface area contributed by atoms with Crippen molar-refractivity contribution in [2.75, 3.05) is 30.8 Å². The average molecular weight is 560 g/mol. The van der Waals surface area contributed by atoms with Crippen LogP contribution in [0.1, 0.15) is 12.3 Å². The van der Waals surface area contributed by atoms with Gasteiger partial charge >= 0.3 is 6.18 Å². The Morgan fingerprint density at radius 3 is 2.90 bits per heavy atom. The molecule has 204 valence electrons. The van der Waals surface area contributed by atoms with Crippen LogP contribution in [-0.4, -0.2) is 63.1 Å². The zero-order valence-corrected chi connectivity index (χ0v) is 21.7. The second-order valence-corrected chi connectivity index (χ2v) is 10.6. The van der Waals surface area contributed by atoms with Crippen LogP contribution >= 0.6 is 11.3 Å². The highest BCUT2D eigenvalue weighted by Gasteiger charge is 2.32. The second-order valence-electron chi connectivity index (χ2n) is 9.65. The molecule has 2 N–H and O–H groups in total. The monoisotopic (exact) mass is 559 g/mol. The summed E-state index contributed by atoms with van der Waals surface area (Å²) in [6.45, 7) is -0.0618. The average Bonchev–Trinajstić information content (AvgIpc) is 3.63. The van der Waals surface area contributed by atoms with Crippen molar-refractivity contribution in [3.8, 4) is 11.5 Å². The summed E-state index contributed by atoms with van der Waals surface area (Å²) < 4.78 is 63.1. The molecule has 13 heteroatoms. The lowest BCUT2D eigenvalue weighted by atomic mass is 10.0. The van der Waals surface area contributed by atoms with Crippen LogP contribution in [0.5, 0.6) is 0 Å². The molecular formula is C26H25F4N7OS. The molecule has 0 aliphatic carbocycles. The van der Waals surface area contributed by atoms with Gasteiger partial charge in [0.2, 0.25) is 11.7 Å². The highest BCUT2D eigenvalue weighted by atomic mass is 32.1. The van der Waals surface area contributed by atoms with E-state index in [0.29, 0.717) is 35.4 Å². The Morgan fingerprint density at radius 2 is 2.08 bits per heavy atom. The third-order valence-electron chi connectivity index (χ3n) is 6.84. The summed E-state index contributed by atoms with van der Waals surface area (Å²) in [7, 11) is 1.86. The van der Waals surface area contributed by atoms with Gasteiger partial charge in [-0.3, -0.25) is 0 Å². The summed E-state index contributed by atoms with van der Waals surface area (Å²) in [4.78, 5) is 10.6. The Labute approximate surface area is 224 Å². The normalized spacial score (nSPS) is 18.7. The van der Waals surface area contributed by atoms with Crippen LogP contribution in [0.4, 0.5) is 29.1 Å². The number of thiophene rings is 1. The van der Waals surface area contributed by atoms with Gasteiger partial charge in [-0.15, -0.1) is 11.3 Å². The third kappa shape index (κ3) is 5.28. The van der Waals surface area contributed by atoms with Crippen LogP contribution in [0, 0.1) is 0 Å². The van der Waals surface area contributed by atoms with Crippen LogP contribution in [-0.2, 0) is 13.1 Å². The van der Waals surface area contributed by atoms with E-state index in [1.807, 2.05) is 29.5 Å². The summed E-state index contributed by atoms with van der Waals surface area (Å²) in [5.74, 6) is 0.890. The lowest BCUT2D eigenvalue weighted by Crippen LogP contribution is -2.46. The molecule has 1 aliphatic rings. The molecule has 1 fully saturated rings. The number of hydrogen-bond donors (Lipinski definition) is 2. The predicted octanol–water partition coefficient (Wildman–Crippen LogP) is 5.93. The van der Waals surface area contributed by atoms with Crippen molar-refractivity contribution in [3.63, 3.8) is 0 Å². The van der Waals surface area contributed by atoms with Crippen molar-refractivity contribution in [1.82, 2.24) is 24.6 Å². The minimum atomic E-state index is -4.48. The maximum Gasteiger partial charge on any atom is 0.406 e. The van der Waals surface area contributed by atoms with Gasteiger partial charge in [-0.05, 0) is 54.6 Å². The molecule has 1 aromatic carbocycles. The molecular weight excluding hydrogens is 534 g/mol. The molecule has 0 saturated carbocycles. The highest BCUT2D eigenvalue weighted by Crippen LogP contribution is 2.35. The Hall–Kier alpha value is -3.71. The van der Waals surface area contributed by atoms with Gasteiger partial charge in [0.1, 0.15) is 18.5 Å². The van der Waals surface area contributed by atoms with Crippen molar-refractivity contribution in [2.45, 2.75) is 37.9 Å². The molecule has 0 bridgehead atoms. The Morgan fingerprint density at radius 1 is 1.21 bits per heavy atom. The number of piperidine rings is 1. The molecule has 1 aliphatic heterocycles. The number of nitrogens with one attached hydrogen (secondary N) is 2. The number of alkyl halides is 4. The molecule has 6 rings (SSSR count). The first-order valence-corrected chi connectivity index (χ1v) is 13.3. The summed E-state index contributed by atoms with van der Waals surface area (Å²) in [5, 5.41) is 13.9. The Kier molecular flexibility index (Phi) is 6.63. The SMILES string of the molecule is CN1CC[C@@H](Nc2cccc3c2cc(-c2noc(CNc4nccc5ccsc45)n2)n3CC(F)(F)F)[C@@H](F)C1. The fraction of sp³-hybridized carbons (Fsp3) is 0.346. The van der Waals surface area contributed by atoms with Crippen LogP contribution in [0.3, 0.4) is 0 Å².